The Balaban J connectivity index is 1.87. The second kappa shape index (κ2) is 9.03. The number of hydrogen-bond donors (Lipinski definition) is 1. The molecule has 0 aromatic heterocycles. The number of sulfonamides is 1. The van der Waals surface area contributed by atoms with Gasteiger partial charge >= 0.3 is 5.97 Å². The Kier molecular flexibility index (Phi) is 6.46. The largest absolute Gasteiger partial charge is 0.463 e. The van der Waals surface area contributed by atoms with Gasteiger partial charge in [-0.15, -0.1) is 0 Å². The van der Waals surface area contributed by atoms with E-state index in [0.717, 1.165) is 21.9 Å². The summed E-state index contributed by atoms with van der Waals surface area (Å²) in [7, 11) is -3.75. The van der Waals surface area contributed by atoms with Crippen LogP contribution in [0, 0.1) is 6.92 Å². The number of carbonyl (C=O) groups excluding carboxylic acids is 1. The van der Waals surface area contributed by atoms with Crippen LogP contribution in [-0.2, 0) is 19.6 Å². The van der Waals surface area contributed by atoms with Crippen LogP contribution in [0.5, 0.6) is 0 Å². The van der Waals surface area contributed by atoms with Gasteiger partial charge < -0.3 is 4.74 Å². The van der Waals surface area contributed by atoms with E-state index >= 15 is 0 Å². The highest BCUT2D eigenvalue weighted by atomic mass is 32.2. The van der Waals surface area contributed by atoms with E-state index in [9.17, 15) is 13.2 Å². The molecule has 1 N–H and O–H groups in total. The smallest absolute Gasteiger partial charge is 0.335 e. The van der Waals surface area contributed by atoms with Crippen LogP contribution in [0.25, 0.3) is 16.8 Å². The number of hydrogen-bond acceptors (Lipinski definition) is 4. The third kappa shape index (κ3) is 5.31. The molecule has 0 aliphatic heterocycles. The third-order valence-electron chi connectivity index (χ3n) is 4.44. The van der Waals surface area contributed by atoms with Crippen molar-refractivity contribution in [3.63, 3.8) is 0 Å². The fourth-order valence-corrected chi connectivity index (χ4v) is 3.88. The lowest BCUT2D eigenvalue weighted by Gasteiger charge is -2.10. The zero-order valence-corrected chi connectivity index (χ0v) is 17.2. The predicted octanol–water partition coefficient (Wildman–Crippen LogP) is 4.07. The monoisotopic (exact) mass is 409 g/mol. The van der Waals surface area contributed by atoms with E-state index in [0.29, 0.717) is 0 Å². The number of benzene rings is 3. The first-order valence-corrected chi connectivity index (χ1v) is 10.8. The molecule has 3 rings (SSSR count). The topological polar surface area (TPSA) is 72.5 Å². The summed E-state index contributed by atoms with van der Waals surface area (Å²) in [5, 5.41) is 2.12. The molecular formula is C23H23NO4S. The number of fused-ring (bicyclic) bond motifs is 1. The molecule has 5 nitrogen and oxygen atoms in total. The van der Waals surface area contributed by atoms with Crippen LogP contribution < -0.4 is 4.72 Å². The number of esters is 1. The quantitative estimate of drug-likeness (QED) is 0.472. The summed E-state index contributed by atoms with van der Waals surface area (Å²) in [6.45, 7) is 3.64. The molecule has 6 heteroatoms. The Morgan fingerprint density at radius 1 is 1.00 bits per heavy atom. The van der Waals surface area contributed by atoms with Crippen molar-refractivity contribution in [2.24, 2.45) is 0 Å². The molecule has 0 bridgehead atoms. The second-order valence-corrected chi connectivity index (χ2v) is 8.40. The Morgan fingerprint density at radius 2 is 1.69 bits per heavy atom. The van der Waals surface area contributed by atoms with E-state index in [1.807, 2.05) is 49.4 Å². The summed E-state index contributed by atoms with van der Waals surface area (Å²) in [4.78, 5) is 12.5. The maximum absolute atomic E-state index is 12.6. The maximum Gasteiger partial charge on any atom is 0.335 e. The lowest BCUT2D eigenvalue weighted by Crippen LogP contribution is -2.28. The van der Waals surface area contributed by atoms with Gasteiger partial charge in [-0.1, -0.05) is 54.1 Å². The standard InChI is InChI=1S/C23H23NO4S/c1-3-28-23(25)21(15-18-10-11-19-6-4-5-7-20(19)14-18)16-24-29(26,27)22-12-8-17(2)9-13-22/h4-15,24H,3,16H2,1-2H3/b21-15+. The molecule has 3 aromatic rings. The third-order valence-corrected chi connectivity index (χ3v) is 5.85. The van der Waals surface area contributed by atoms with Gasteiger partial charge in [0.05, 0.1) is 17.1 Å². The highest BCUT2D eigenvalue weighted by Crippen LogP contribution is 2.18. The Bertz CT molecular complexity index is 1150. The van der Waals surface area contributed by atoms with Gasteiger partial charge in [0.1, 0.15) is 0 Å². The Hall–Kier alpha value is -2.96. The van der Waals surface area contributed by atoms with Crippen molar-refractivity contribution in [2.75, 3.05) is 13.2 Å². The molecular weight excluding hydrogens is 386 g/mol. The van der Waals surface area contributed by atoms with Crippen molar-refractivity contribution in [3.05, 3.63) is 83.4 Å². The molecule has 0 spiro atoms. The first-order valence-electron chi connectivity index (χ1n) is 9.32. The first kappa shape index (κ1) is 20.8. The van der Waals surface area contributed by atoms with Crippen LogP contribution in [0.3, 0.4) is 0 Å². The van der Waals surface area contributed by atoms with Crippen LogP contribution in [0.1, 0.15) is 18.1 Å². The molecule has 0 aliphatic rings. The Morgan fingerprint density at radius 3 is 2.38 bits per heavy atom. The molecule has 0 saturated carbocycles. The summed E-state index contributed by atoms with van der Waals surface area (Å²) in [6.07, 6.45) is 1.65. The molecule has 0 unspecified atom stereocenters. The summed E-state index contributed by atoms with van der Waals surface area (Å²) in [6, 6.07) is 20.2. The number of ether oxygens (including phenoxy) is 1. The highest BCUT2D eigenvalue weighted by Gasteiger charge is 2.18. The summed E-state index contributed by atoms with van der Waals surface area (Å²) in [5.74, 6) is -0.549. The summed E-state index contributed by atoms with van der Waals surface area (Å²) in [5.41, 5.74) is 1.99. The van der Waals surface area contributed by atoms with Crippen LogP contribution in [0.15, 0.2) is 77.2 Å². The molecule has 0 saturated heterocycles. The van der Waals surface area contributed by atoms with Gasteiger partial charge in [0.15, 0.2) is 0 Å². The lowest BCUT2D eigenvalue weighted by molar-refractivity contribution is -0.138. The van der Waals surface area contributed by atoms with Gasteiger partial charge in [-0.05, 0) is 54.5 Å². The maximum atomic E-state index is 12.6. The number of rotatable bonds is 7. The van der Waals surface area contributed by atoms with E-state index in [-0.39, 0.29) is 23.6 Å². The van der Waals surface area contributed by atoms with E-state index < -0.39 is 16.0 Å². The minimum absolute atomic E-state index is 0.150. The van der Waals surface area contributed by atoms with Gasteiger partial charge in [-0.3, -0.25) is 0 Å². The second-order valence-electron chi connectivity index (χ2n) is 6.63. The fraction of sp³-hybridized carbons (Fsp3) is 0.174. The predicted molar refractivity (Wildman–Crippen MR) is 115 cm³/mol. The zero-order chi connectivity index (χ0) is 20.9. The van der Waals surface area contributed by atoms with Gasteiger partial charge in [0.25, 0.3) is 0 Å². The molecule has 29 heavy (non-hydrogen) atoms. The molecule has 150 valence electrons. The van der Waals surface area contributed by atoms with E-state index in [1.165, 1.54) is 12.1 Å². The minimum atomic E-state index is -3.75. The van der Waals surface area contributed by atoms with Crippen molar-refractivity contribution in [2.45, 2.75) is 18.7 Å². The van der Waals surface area contributed by atoms with Gasteiger partial charge in [-0.25, -0.2) is 17.9 Å². The molecule has 0 heterocycles. The lowest BCUT2D eigenvalue weighted by atomic mass is 10.1. The number of carbonyl (C=O) groups is 1. The van der Waals surface area contributed by atoms with Gasteiger partial charge in [0.2, 0.25) is 10.0 Å². The fourth-order valence-electron chi connectivity index (χ4n) is 2.88. The molecule has 3 aromatic carbocycles. The van der Waals surface area contributed by atoms with Crippen molar-refractivity contribution in [1.29, 1.82) is 0 Å². The van der Waals surface area contributed by atoms with Crippen molar-refractivity contribution in [1.82, 2.24) is 4.72 Å². The van der Waals surface area contributed by atoms with Crippen LogP contribution >= 0.6 is 0 Å². The average Bonchev–Trinajstić information content (AvgIpc) is 2.71. The Labute approximate surface area is 171 Å². The van der Waals surface area contributed by atoms with E-state index in [4.69, 9.17) is 4.74 Å². The minimum Gasteiger partial charge on any atom is -0.463 e. The highest BCUT2D eigenvalue weighted by molar-refractivity contribution is 7.89. The van der Waals surface area contributed by atoms with Crippen molar-refractivity contribution < 1.29 is 17.9 Å². The molecule has 0 radical (unpaired) electrons. The molecule has 0 amide bonds. The zero-order valence-electron chi connectivity index (χ0n) is 16.4. The number of aryl methyl sites for hydroxylation is 1. The normalized spacial score (nSPS) is 12.1. The molecule has 0 fully saturated rings. The summed E-state index contributed by atoms with van der Waals surface area (Å²) >= 11 is 0. The number of nitrogens with one attached hydrogen (secondary N) is 1. The van der Waals surface area contributed by atoms with Crippen molar-refractivity contribution >= 4 is 32.8 Å². The molecule has 0 aliphatic carbocycles. The van der Waals surface area contributed by atoms with E-state index in [1.54, 1.807) is 25.1 Å². The first-order chi connectivity index (χ1) is 13.9. The van der Waals surface area contributed by atoms with Gasteiger partial charge in [0, 0.05) is 6.54 Å². The summed E-state index contributed by atoms with van der Waals surface area (Å²) < 4.78 is 32.7. The van der Waals surface area contributed by atoms with Crippen LogP contribution in [-0.4, -0.2) is 27.5 Å². The van der Waals surface area contributed by atoms with Crippen LogP contribution in [0.2, 0.25) is 0 Å². The van der Waals surface area contributed by atoms with Crippen molar-refractivity contribution in [3.8, 4) is 0 Å². The van der Waals surface area contributed by atoms with E-state index in [2.05, 4.69) is 4.72 Å². The molecule has 0 atom stereocenters. The average molecular weight is 410 g/mol. The SMILES string of the molecule is CCOC(=O)/C(=C/c1ccc2ccccc2c1)CNS(=O)(=O)c1ccc(C)cc1. The van der Waals surface area contributed by atoms with Crippen LogP contribution in [0.4, 0.5) is 0 Å². The van der Waals surface area contributed by atoms with Gasteiger partial charge in [-0.2, -0.15) is 0 Å².